The van der Waals surface area contributed by atoms with Crippen LogP contribution in [0.5, 0.6) is 5.75 Å². The molecule has 0 saturated heterocycles. The predicted molar refractivity (Wildman–Crippen MR) is 133 cm³/mol. The minimum absolute atomic E-state index is 0. The monoisotopic (exact) mass is 459 g/mol. The first kappa shape index (κ1) is 22.0. The van der Waals surface area contributed by atoms with Crippen molar-refractivity contribution in [2.75, 3.05) is 11.1 Å². The molecule has 0 fully saturated rings. The van der Waals surface area contributed by atoms with Gasteiger partial charge in [-0.05, 0) is 42.0 Å². The van der Waals surface area contributed by atoms with Crippen LogP contribution < -0.4 is 15.8 Å². The summed E-state index contributed by atoms with van der Waals surface area (Å²) in [5.41, 5.74) is 10.4. The van der Waals surface area contributed by atoms with E-state index in [0.717, 1.165) is 33.5 Å². The van der Waals surface area contributed by atoms with Gasteiger partial charge in [0.25, 0.3) is 5.91 Å². The van der Waals surface area contributed by atoms with Crippen LogP contribution in [0.25, 0.3) is 22.2 Å². The smallest absolute Gasteiger partial charge is 0.272 e. The molecular weight excluding hydrogens is 438 g/mol. The van der Waals surface area contributed by atoms with Gasteiger partial charge in [-0.2, -0.15) is 0 Å². The zero-order valence-electron chi connectivity index (χ0n) is 17.5. The van der Waals surface area contributed by atoms with Gasteiger partial charge in [0.1, 0.15) is 18.1 Å². The number of carbonyl (C=O) groups excluding carboxylic acids is 1. The minimum atomic E-state index is -0.228. The van der Waals surface area contributed by atoms with E-state index in [0.29, 0.717) is 23.9 Å². The maximum Gasteiger partial charge on any atom is 0.272 e. The number of rotatable bonds is 6. The normalized spacial score (nSPS) is 10.5. The van der Waals surface area contributed by atoms with Crippen molar-refractivity contribution in [3.63, 3.8) is 0 Å². The SMILES string of the molecule is Cl.Nc1ncc(-c2cccc(NC(=O)c3cc4cc(OCc5ccccc5)ccc4[nH]3)c2)[nH]1. The number of nitrogens with zero attached hydrogens (tertiary/aromatic N) is 1. The molecule has 1 amide bonds. The molecule has 0 aliphatic rings. The van der Waals surface area contributed by atoms with E-state index < -0.39 is 0 Å². The quantitative estimate of drug-likeness (QED) is 0.273. The number of carbonyl (C=O) groups is 1. The highest BCUT2D eigenvalue weighted by atomic mass is 35.5. The second-order valence-corrected chi connectivity index (χ2v) is 7.42. The van der Waals surface area contributed by atoms with E-state index in [4.69, 9.17) is 10.5 Å². The van der Waals surface area contributed by atoms with E-state index in [9.17, 15) is 4.79 Å². The lowest BCUT2D eigenvalue weighted by Gasteiger charge is -2.06. The molecule has 5 aromatic rings. The molecule has 0 aliphatic heterocycles. The number of nitrogens with two attached hydrogens (primary N) is 1. The summed E-state index contributed by atoms with van der Waals surface area (Å²) in [5.74, 6) is 0.868. The first-order chi connectivity index (χ1) is 15.6. The Kier molecular flexibility index (Phi) is 6.33. The molecule has 0 saturated carbocycles. The number of ether oxygens (including phenoxy) is 1. The van der Waals surface area contributed by atoms with Crippen LogP contribution in [0.2, 0.25) is 0 Å². The average molecular weight is 460 g/mol. The fourth-order valence-corrected chi connectivity index (χ4v) is 3.51. The summed E-state index contributed by atoms with van der Waals surface area (Å²) < 4.78 is 5.89. The summed E-state index contributed by atoms with van der Waals surface area (Å²) in [5, 5.41) is 3.84. The summed E-state index contributed by atoms with van der Waals surface area (Å²) in [7, 11) is 0. The zero-order chi connectivity index (χ0) is 21.9. The molecule has 5 N–H and O–H groups in total. The number of halogens is 1. The van der Waals surface area contributed by atoms with Gasteiger partial charge < -0.3 is 25.8 Å². The van der Waals surface area contributed by atoms with Gasteiger partial charge in [-0.15, -0.1) is 12.4 Å². The van der Waals surface area contributed by atoms with Gasteiger partial charge >= 0.3 is 0 Å². The standard InChI is InChI=1S/C25H21N5O2.ClH/c26-25-27-14-23(30-25)17-7-4-8-19(11-17)28-24(31)22-13-18-12-20(9-10-21(18)29-22)32-15-16-5-2-1-3-6-16;/h1-14,29H,15H2,(H,28,31)(H3,26,27,30);1H. The van der Waals surface area contributed by atoms with E-state index in [-0.39, 0.29) is 18.3 Å². The maximum absolute atomic E-state index is 12.8. The fourth-order valence-electron chi connectivity index (χ4n) is 3.51. The first-order valence-corrected chi connectivity index (χ1v) is 10.2. The van der Waals surface area contributed by atoms with Gasteiger partial charge in [-0.3, -0.25) is 4.79 Å². The van der Waals surface area contributed by atoms with E-state index in [1.54, 1.807) is 6.20 Å². The molecule has 7 nitrogen and oxygen atoms in total. The van der Waals surface area contributed by atoms with Crippen molar-refractivity contribution in [3.05, 3.63) is 96.3 Å². The second kappa shape index (κ2) is 9.50. The molecule has 0 spiro atoms. The molecule has 33 heavy (non-hydrogen) atoms. The summed E-state index contributed by atoms with van der Waals surface area (Å²) in [6, 6.07) is 25.0. The summed E-state index contributed by atoms with van der Waals surface area (Å²) in [6.45, 7) is 0.489. The molecule has 5 rings (SSSR count). The van der Waals surface area contributed by atoms with Gasteiger partial charge in [0.05, 0.1) is 11.9 Å². The lowest BCUT2D eigenvalue weighted by Crippen LogP contribution is -2.12. The Morgan fingerprint density at radius 2 is 1.82 bits per heavy atom. The summed E-state index contributed by atoms with van der Waals surface area (Å²) >= 11 is 0. The van der Waals surface area contributed by atoms with Crippen molar-refractivity contribution >= 4 is 40.9 Å². The van der Waals surface area contributed by atoms with Crippen LogP contribution in [-0.2, 0) is 6.61 Å². The number of imidazole rings is 1. The number of H-pyrrole nitrogens is 2. The molecule has 8 heteroatoms. The molecule has 0 atom stereocenters. The van der Waals surface area contributed by atoms with Crippen molar-refractivity contribution < 1.29 is 9.53 Å². The Balaban J connectivity index is 0.00000259. The number of hydrogen-bond acceptors (Lipinski definition) is 4. The molecule has 0 unspecified atom stereocenters. The van der Waals surface area contributed by atoms with Gasteiger partial charge in [0.15, 0.2) is 5.95 Å². The first-order valence-electron chi connectivity index (χ1n) is 10.2. The zero-order valence-corrected chi connectivity index (χ0v) is 18.4. The molecular formula is C25H22ClN5O2. The lowest BCUT2D eigenvalue weighted by atomic mass is 10.1. The van der Waals surface area contributed by atoms with E-state index >= 15 is 0 Å². The number of anilines is 2. The van der Waals surface area contributed by atoms with Crippen LogP contribution in [0.1, 0.15) is 16.1 Å². The predicted octanol–water partition coefficient (Wildman–Crippen LogP) is 5.39. The van der Waals surface area contributed by atoms with Crippen molar-refractivity contribution in [3.8, 4) is 17.0 Å². The Bertz CT molecular complexity index is 1390. The largest absolute Gasteiger partial charge is 0.489 e. The molecule has 0 radical (unpaired) electrons. The third-order valence-corrected chi connectivity index (χ3v) is 5.11. The van der Waals surface area contributed by atoms with Crippen LogP contribution in [0, 0.1) is 0 Å². The molecule has 2 aromatic heterocycles. The maximum atomic E-state index is 12.8. The van der Waals surface area contributed by atoms with Crippen LogP contribution in [0.3, 0.4) is 0 Å². The number of hydrogen-bond donors (Lipinski definition) is 4. The lowest BCUT2D eigenvalue weighted by molar-refractivity contribution is 0.102. The highest BCUT2D eigenvalue weighted by Crippen LogP contribution is 2.24. The Morgan fingerprint density at radius 3 is 2.61 bits per heavy atom. The third kappa shape index (κ3) is 4.99. The number of aromatic nitrogens is 3. The number of benzene rings is 3. The second-order valence-electron chi connectivity index (χ2n) is 7.42. The van der Waals surface area contributed by atoms with E-state index in [1.165, 1.54) is 0 Å². The third-order valence-electron chi connectivity index (χ3n) is 5.11. The number of nitrogens with one attached hydrogen (secondary N) is 3. The highest BCUT2D eigenvalue weighted by Gasteiger charge is 2.12. The van der Waals surface area contributed by atoms with Crippen molar-refractivity contribution in [1.82, 2.24) is 15.0 Å². The summed E-state index contributed by atoms with van der Waals surface area (Å²) in [6.07, 6.45) is 1.66. The van der Waals surface area contributed by atoms with Crippen molar-refractivity contribution in [2.24, 2.45) is 0 Å². The average Bonchev–Trinajstić information content (AvgIpc) is 3.44. The number of amides is 1. The van der Waals surface area contributed by atoms with Crippen LogP contribution in [0.15, 0.2) is 85.1 Å². The van der Waals surface area contributed by atoms with E-state index in [2.05, 4.69) is 20.3 Å². The van der Waals surface area contributed by atoms with Crippen LogP contribution in [-0.4, -0.2) is 20.9 Å². The number of nitrogen functional groups attached to an aromatic ring is 1. The minimum Gasteiger partial charge on any atom is -0.489 e. The van der Waals surface area contributed by atoms with Crippen LogP contribution >= 0.6 is 12.4 Å². The molecule has 166 valence electrons. The fraction of sp³-hybridized carbons (Fsp3) is 0.0400. The van der Waals surface area contributed by atoms with Gasteiger partial charge in [0.2, 0.25) is 0 Å². The molecule has 3 aromatic carbocycles. The van der Waals surface area contributed by atoms with Gasteiger partial charge in [-0.1, -0.05) is 42.5 Å². The topological polar surface area (TPSA) is 109 Å². The van der Waals surface area contributed by atoms with Crippen molar-refractivity contribution in [2.45, 2.75) is 6.61 Å². The van der Waals surface area contributed by atoms with Gasteiger partial charge in [-0.25, -0.2) is 4.98 Å². The highest BCUT2D eigenvalue weighted by molar-refractivity contribution is 6.06. The van der Waals surface area contributed by atoms with Gasteiger partial charge in [0, 0.05) is 22.2 Å². The van der Waals surface area contributed by atoms with E-state index in [1.807, 2.05) is 78.9 Å². The molecule has 0 bridgehead atoms. The number of aromatic amines is 2. The van der Waals surface area contributed by atoms with Crippen molar-refractivity contribution in [1.29, 1.82) is 0 Å². The number of fused-ring (bicyclic) bond motifs is 1. The Labute approximate surface area is 196 Å². The molecule has 2 heterocycles. The Morgan fingerprint density at radius 1 is 0.970 bits per heavy atom. The molecule has 0 aliphatic carbocycles. The Hall–Kier alpha value is -4.23. The summed E-state index contributed by atoms with van der Waals surface area (Å²) in [4.78, 5) is 23.0. The van der Waals surface area contributed by atoms with Crippen LogP contribution in [0.4, 0.5) is 11.6 Å².